The van der Waals surface area contributed by atoms with Crippen LogP contribution in [0.15, 0.2) is 12.7 Å². The van der Waals surface area contributed by atoms with Crippen LogP contribution in [0, 0.1) is 0 Å². The van der Waals surface area contributed by atoms with Crippen molar-refractivity contribution in [2.75, 3.05) is 6.61 Å². The number of aliphatic hydroxyl groups excluding tert-OH is 1. The number of carbonyl (C=O) groups is 3. The Morgan fingerprint density at radius 1 is 1.42 bits per heavy atom. The van der Waals surface area contributed by atoms with Crippen molar-refractivity contribution in [2.45, 2.75) is 38.4 Å². The highest BCUT2D eigenvalue weighted by atomic mass is 16.6. The molecule has 0 aliphatic heterocycles. The lowest BCUT2D eigenvalue weighted by Gasteiger charge is -2.06. The standard InChI is InChI=1S/C7H10O5.C5H8O2/c8-5(3-6(9)10)7(11)12-4-1-2-4;1-3-5(6)7-4-2/h4-5,8H,1-3H2,(H,9,10);3H,1,4H2,2H3. The van der Waals surface area contributed by atoms with Gasteiger partial charge in [-0.25, -0.2) is 9.59 Å². The minimum absolute atomic E-state index is 0.0963. The first-order valence-electron chi connectivity index (χ1n) is 5.80. The lowest BCUT2D eigenvalue weighted by molar-refractivity contribution is -0.159. The first kappa shape index (κ1) is 17.1. The van der Waals surface area contributed by atoms with E-state index < -0.39 is 24.5 Å². The van der Waals surface area contributed by atoms with Crippen LogP contribution in [-0.2, 0) is 23.9 Å². The summed E-state index contributed by atoms with van der Waals surface area (Å²) < 4.78 is 9.11. The number of ether oxygens (including phenoxy) is 2. The Morgan fingerprint density at radius 2 is 2.00 bits per heavy atom. The molecule has 7 heteroatoms. The highest BCUT2D eigenvalue weighted by molar-refractivity contribution is 5.81. The van der Waals surface area contributed by atoms with Crippen molar-refractivity contribution in [1.82, 2.24) is 0 Å². The predicted molar refractivity (Wildman–Crippen MR) is 64.2 cm³/mol. The number of carboxylic acid groups (broad SMARTS) is 1. The summed E-state index contributed by atoms with van der Waals surface area (Å²) in [5.74, 6) is -2.40. The summed E-state index contributed by atoms with van der Waals surface area (Å²) in [5, 5.41) is 17.1. The van der Waals surface area contributed by atoms with Crippen molar-refractivity contribution in [1.29, 1.82) is 0 Å². The highest BCUT2D eigenvalue weighted by Crippen LogP contribution is 2.24. The van der Waals surface area contributed by atoms with Crippen LogP contribution in [0.1, 0.15) is 26.2 Å². The van der Waals surface area contributed by atoms with Crippen molar-refractivity contribution >= 4 is 17.9 Å². The van der Waals surface area contributed by atoms with Gasteiger partial charge in [-0.2, -0.15) is 0 Å². The third-order valence-electron chi connectivity index (χ3n) is 1.90. The van der Waals surface area contributed by atoms with Crippen molar-refractivity contribution in [3.8, 4) is 0 Å². The quantitative estimate of drug-likeness (QED) is 0.528. The van der Waals surface area contributed by atoms with E-state index in [4.69, 9.17) is 10.2 Å². The molecule has 0 aromatic heterocycles. The van der Waals surface area contributed by atoms with Gasteiger partial charge in [0.15, 0.2) is 6.10 Å². The molecule has 0 bridgehead atoms. The molecule has 0 aromatic rings. The molecule has 7 nitrogen and oxygen atoms in total. The van der Waals surface area contributed by atoms with Gasteiger partial charge in [0.25, 0.3) is 0 Å². The van der Waals surface area contributed by atoms with Gasteiger partial charge in [-0.05, 0) is 19.8 Å². The molecule has 108 valence electrons. The summed E-state index contributed by atoms with van der Waals surface area (Å²) in [4.78, 5) is 30.9. The van der Waals surface area contributed by atoms with Crippen LogP contribution in [-0.4, -0.2) is 46.9 Å². The molecule has 0 saturated heterocycles. The van der Waals surface area contributed by atoms with E-state index in [0.29, 0.717) is 6.61 Å². The topological polar surface area (TPSA) is 110 Å². The zero-order valence-corrected chi connectivity index (χ0v) is 10.7. The van der Waals surface area contributed by atoms with E-state index in [1.165, 1.54) is 0 Å². The van der Waals surface area contributed by atoms with Crippen LogP contribution in [0.25, 0.3) is 0 Å². The van der Waals surface area contributed by atoms with Gasteiger partial charge >= 0.3 is 17.9 Å². The molecule has 1 atom stereocenters. The Kier molecular flexibility index (Phi) is 8.19. The summed E-state index contributed by atoms with van der Waals surface area (Å²) in [6, 6.07) is 0. The van der Waals surface area contributed by atoms with E-state index in [9.17, 15) is 14.4 Å². The number of aliphatic hydroxyl groups is 1. The van der Waals surface area contributed by atoms with Crippen molar-refractivity contribution < 1.29 is 34.1 Å². The average Bonchev–Trinajstić information content (AvgIpc) is 3.13. The van der Waals surface area contributed by atoms with E-state index in [1.807, 2.05) is 0 Å². The zero-order chi connectivity index (χ0) is 14.8. The first-order chi connectivity index (χ1) is 8.90. The van der Waals surface area contributed by atoms with Gasteiger partial charge in [-0.15, -0.1) is 0 Å². The SMILES string of the molecule is C=CC(=O)OCC.O=C(O)CC(O)C(=O)OC1CC1. The van der Waals surface area contributed by atoms with Gasteiger partial charge in [0.05, 0.1) is 13.0 Å². The highest BCUT2D eigenvalue weighted by Gasteiger charge is 2.29. The Labute approximate surface area is 110 Å². The Morgan fingerprint density at radius 3 is 2.32 bits per heavy atom. The minimum Gasteiger partial charge on any atom is -0.481 e. The molecule has 0 radical (unpaired) electrons. The maximum Gasteiger partial charge on any atom is 0.335 e. The second kappa shape index (κ2) is 9.09. The fourth-order valence-corrected chi connectivity index (χ4v) is 0.879. The third-order valence-corrected chi connectivity index (χ3v) is 1.90. The first-order valence-corrected chi connectivity index (χ1v) is 5.80. The maximum absolute atomic E-state index is 10.8. The summed E-state index contributed by atoms with van der Waals surface area (Å²) in [6.07, 6.45) is 0.551. The number of esters is 2. The van der Waals surface area contributed by atoms with Gasteiger partial charge in [0, 0.05) is 6.08 Å². The Balaban J connectivity index is 0.000000399. The monoisotopic (exact) mass is 274 g/mol. The Hall–Kier alpha value is -1.89. The number of carbonyl (C=O) groups excluding carboxylic acids is 2. The predicted octanol–water partition coefficient (Wildman–Crippen LogP) is 0.263. The van der Waals surface area contributed by atoms with Crippen LogP contribution in [0.2, 0.25) is 0 Å². The molecule has 2 N–H and O–H groups in total. The summed E-state index contributed by atoms with van der Waals surface area (Å²) in [7, 11) is 0. The van der Waals surface area contributed by atoms with Crippen LogP contribution in [0.4, 0.5) is 0 Å². The van der Waals surface area contributed by atoms with E-state index >= 15 is 0 Å². The second-order valence-electron chi connectivity index (χ2n) is 3.71. The van der Waals surface area contributed by atoms with Crippen LogP contribution in [0.5, 0.6) is 0 Å². The number of carboxylic acids is 1. The van der Waals surface area contributed by atoms with Crippen LogP contribution < -0.4 is 0 Å². The summed E-state index contributed by atoms with van der Waals surface area (Å²) in [5.41, 5.74) is 0. The van der Waals surface area contributed by atoms with E-state index in [2.05, 4.69) is 16.1 Å². The molecule has 0 amide bonds. The van der Waals surface area contributed by atoms with E-state index in [0.717, 1.165) is 18.9 Å². The molecule has 0 heterocycles. The normalized spacial score (nSPS) is 14.4. The minimum atomic E-state index is -1.52. The molecule has 1 fully saturated rings. The fraction of sp³-hybridized carbons (Fsp3) is 0.583. The average molecular weight is 274 g/mol. The van der Waals surface area contributed by atoms with E-state index in [1.54, 1.807) is 6.92 Å². The molecular formula is C12H18O7. The molecule has 1 rings (SSSR count). The summed E-state index contributed by atoms with van der Waals surface area (Å²) in [6.45, 7) is 5.38. The summed E-state index contributed by atoms with van der Waals surface area (Å²) >= 11 is 0. The van der Waals surface area contributed by atoms with Gasteiger partial charge in [0.1, 0.15) is 6.10 Å². The number of aliphatic carboxylic acids is 1. The number of rotatable bonds is 6. The van der Waals surface area contributed by atoms with Gasteiger partial charge in [-0.3, -0.25) is 4.79 Å². The van der Waals surface area contributed by atoms with Gasteiger partial charge in [0.2, 0.25) is 0 Å². The smallest absolute Gasteiger partial charge is 0.335 e. The molecule has 19 heavy (non-hydrogen) atoms. The fourth-order valence-electron chi connectivity index (χ4n) is 0.879. The second-order valence-corrected chi connectivity index (χ2v) is 3.71. The molecule has 1 aliphatic rings. The van der Waals surface area contributed by atoms with Crippen molar-refractivity contribution in [3.05, 3.63) is 12.7 Å². The lowest BCUT2D eigenvalue weighted by atomic mass is 10.2. The van der Waals surface area contributed by atoms with Gasteiger partial charge in [-0.1, -0.05) is 6.58 Å². The molecule has 1 aliphatic carbocycles. The molecule has 1 saturated carbocycles. The molecule has 0 spiro atoms. The zero-order valence-electron chi connectivity index (χ0n) is 10.7. The van der Waals surface area contributed by atoms with Crippen LogP contribution in [0.3, 0.4) is 0 Å². The number of hydrogen-bond acceptors (Lipinski definition) is 6. The largest absolute Gasteiger partial charge is 0.481 e. The van der Waals surface area contributed by atoms with Crippen molar-refractivity contribution in [2.24, 2.45) is 0 Å². The molecule has 0 aromatic carbocycles. The Bertz CT molecular complexity index is 333. The molecular weight excluding hydrogens is 256 g/mol. The maximum atomic E-state index is 10.8. The number of hydrogen-bond donors (Lipinski definition) is 2. The van der Waals surface area contributed by atoms with Crippen LogP contribution >= 0.6 is 0 Å². The van der Waals surface area contributed by atoms with Gasteiger partial charge < -0.3 is 19.7 Å². The van der Waals surface area contributed by atoms with E-state index in [-0.39, 0.29) is 12.1 Å². The third kappa shape index (κ3) is 9.78. The van der Waals surface area contributed by atoms with Crippen molar-refractivity contribution in [3.63, 3.8) is 0 Å². The molecule has 1 unspecified atom stereocenters. The lowest BCUT2D eigenvalue weighted by Crippen LogP contribution is -2.26.